The Kier molecular flexibility index (Phi) is 5.91. The number of hydrogen-bond donors (Lipinski definition) is 3. The fraction of sp³-hybridized carbons (Fsp3) is 0.545. The zero-order chi connectivity index (χ0) is 11.4. The van der Waals surface area contributed by atoms with E-state index in [2.05, 4.69) is 10.6 Å². The van der Waals surface area contributed by atoms with Gasteiger partial charge < -0.3 is 15.7 Å². The average molecular weight is 277 g/mol. The summed E-state index contributed by atoms with van der Waals surface area (Å²) in [6, 6.07) is 1.87. The molecule has 1 saturated heterocycles. The molecule has 1 aliphatic heterocycles. The van der Waals surface area contributed by atoms with Crippen molar-refractivity contribution in [3.05, 3.63) is 22.4 Å². The van der Waals surface area contributed by atoms with E-state index >= 15 is 0 Å². The van der Waals surface area contributed by atoms with Crippen LogP contribution in [0, 0.1) is 5.92 Å². The topological polar surface area (TPSA) is 61.4 Å². The molecule has 1 fully saturated rings. The Morgan fingerprint density at radius 3 is 3.12 bits per heavy atom. The molecule has 1 aromatic rings. The van der Waals surface area contributed by atoms with Gasteiger partial charge in [0, 0.05) is 13.1 Å². The van der Waals surface area contributed by atoms with E-state index in [0.29, 0.717) is 6.54 Å². The summed E-state index contributed by atoms with van der Waals surface area (Å²) in [7, 11) is 0. The van der Waals surface area contributed by atoms with Crippen LogP contribution < -0.4 is 10.6 Å². The predicted molar refractivity (Wildman–Crippen MR) is 70.5 cm³/mol. The highest BCUT2D eigenvalue weighted by Crippen LogP contribution is 2.15. The second kappa shape index (κ2) is 6.96. The Morgan fingerprint density at radius 2 is 2.53 bits per heavy atom. The highest BCUT2D eigenvalue weighted by molar-refractivity contribution is 7.07. The van der Waals surface area contributed by atoms with Crippen molar-refractivity contribution < 1.29 is 9.90 Å². The summed E-state index contributed by atoms with van der Waals surface area (Å²) in [6.45, 7) is 1.96. The number of thiophene rings is 1. The van der Waals surface area contributed by atoms with Crippen molar-refractivity contribution in [2.24, 2.45) is 5.92 Å². The normalized spacial score (nSPS) is 20.6. The molecule has 4 nitrogen and oxygen atoms in total. The first-order valence-electron chi connectivity index (χ1n) is 5.46. The largest absolute Gasteiger partial charge is 0.387 e. The molecule has 2 unspecified atom stereocenters. The highest BCUT2D eigenvalue weighted by atomic mass is 35.5. The molecule has 0 bridgehead atoms. The van der Waals surface area contributed by atoms with Crippen molar-refractivity contribution in [2.75, 3.05) is 19.6 Å². The molecular weight excluding hydrogens is 260 g/mol. The number of aliphatic hydroxyl groups excluding tert-OH is 1. The molecule has 0 aliphatic carbocycles. The third-order valence-electron chi connectivity index (χ3n) is 2.83. The molecule has 17 heavy (non-hydrogen) atoms. The van der Waals surface area contributed by atoms with Gasteiger partial charge in [-0.25, -0.2) is 0 Å². The van der Waals surface area contributed by atoms with Gasteiger partial charge in [0.25, 0.3) is 0 Å². The Bertz CT molecular complexity index is 339. The van der Waals surface area contributed by atoms with Gasteiger partial charge in [-0.1, -0.05) is 0 Å². The fourth-order valence-electron chi connectivity index (χ4n) is 1.80. The van der Waals surface area contributed by atoms with Crippen molar-refractivity contribution in [2.45, 2.75) is 12.5 Å². The van der Waals surface area contributed by atoms with Gasteiger partial charge in [-0.3, -0.25) is 4.79 Å². The zero-order valence-electron chi connectivity index (χ0n) is 9.39. The maximum absolute atomic E-state index is 11.7. The SMILES string of the molecule is Cl.O=C(NCC(O)c1ccsc1)C1CCNC1. The van der Waals surface area contributed by atoms with Crippen LogP contribution in [0.3, 0.4) is 0 Å². The molecule has 0 spiro atoms. The lowest BCUT2D eigenvalue weighted by Crippen LogP contribution is -2.34. The van der Waals surface area contributed by atoms with Crippen LogP contribution in [0.25, 0.3) is 0 Å². The van der Waals surface area contributed by atoms with Gasteiger partial charge in [-0.05, 0) is 35.4 Å². The lowest BCUT2D eigenvalue weighted by molar-refractivity contribution is -0.124. The molecule has 2 atom stereocenters. The monoisotopic (exact) mass is 276 g/mol. The van der Waals surface area contributed by atoms with E-state index in [1.54, 1.807) is 11.3 Å². The van der Waals surface area contributed by atoms with E-state index < -0.39 is 6.10 Å². The molecule has 3 N–H and O–H groups in total. The number of aliphatic hydroxyl groups is 1. The summed E-state index contributed by atoms with van der Waals surface area (Å²) in [4.78, 5) is 11.7. The summed E-state index contributed by atoms with van der Waals surface area (Å²) in [6.07, 6.45) is 0.296. The van der Waals surface area contributed by atoms with E-state index in [-0.39, 0.29) is 24.2 Å². The van der Waals surface area contributed by atoms with Crippen LogP contribution in [0.5, 0.6) is 0 Å². The standard InChI is InChI=1S/C11H16N2O2S.ClH/c14-10(9-2-4-16-7-9)6-13-11(15)8-1-3-12-5-8;/h2,4,7-8,10,12,14H,1,3,5-6H2,(H,13,15);1H. The van der Waals surface area contributed by atoms with Crippen molar-refractivity contribution in [1.82, 2.24) is 10.6 Å². The van der Waals surface area contributed by atoms with Crippen molar-refractivity contribution in [3.63, 3.8) is 0 Å². The van der Waals surface area contributed by atoms with Crippen molar-refractivity contribution in [3.8, 4) is 0 Å². The second-order valence-electron chi connectivity index (χ2n) is 4.01. The Balaban J connectivity index is 0.00000144. The number of amides is 1. The number of carbonyl (C=O) groups is 1. The third-order valence-corrected chi connectivity index (χ3v) is 3.53. The molecule has 96 valence electrons. The Hall–Kier alpha value is -0.620. The molecule has 1 aliphatic rings. The highest BCUT2D eigenvalue weighted by Gasteiger charge is 2.22. The smallest absolute Gasteiger partial charge is 0.224 e. The molecule has 0 radical (unpaired) electrons. The number of nitrogens with one attached hydrogen (secondary N) is 2. The lowest BCUT2D eigenvalue weighted by atomic mass is 10.1. The summed E-state index contributed by atoms with van der Waals surface area (Å²) in [5.74, 6) is 0.106. The van der Waals surface area contributed by atoms with Crippen molar-refractivity contribution in [1.29, 1.82) is 0 Å². The molecular formula is C11H17ClN2O2S. The molecule has 1 amide bonds. The zero-order valence-corrected chi connectivity index (χ0v) is 11.0. The van der Waals surface area contributed by atoms with Gasteiger partial charge in [-0.2, -0.15) is 11.3 Å². The van der Waals surface area contributed by atoms with E-state index in [1.807, 2.05) is 16.8 Å². The predicted octanol–water partition coefficient (Wildman–Crippen LogP) is 0.929. The summed E-state index contributed by atoms with van der Waals surface area (Å²) >= 11 is 1.54. The minimum absolute atomic E-state index is 0. The van der Waals surface area contributed by atoms with Crippen LogP contribution >= 0.6 is 23.7 Å². The first kappa shape index (κ1) is 14.4. The summed E-state index contributed by atoms with van der Waals surface area (Å²) in [5.41, 5.74) is 0.870. The van der Waals surface area contributed by atoms with Gasteiger partial charge in [-0.15, -0.1) is 12.4 Å². The third kappa shape index (κ3) is 3.96. The van der Waals surface area contributed by atoms with Gasteiger partial charge >= 0.3 is 0 Å². The van der Waals surface area contributed by atoms with Gasteiger partial charge in [0.1, 0.15) is 0 Å². The molecule has 1 aromatic heterocycles. The van der Waals surface area contributed by atoms with Gasteiger partial charge in [0.2, 0.25) is 5.91 Å². The van der Waals surface area contributed by atoms with Crippen LogP contribution in [0.15, 0.2) is 16.8 Å². The number of halogens is 1. The van der Waals surface area contributed by atoms with E-state index in [4.69, 9.17) is 0 Å². The molecule has 2 heterocycles. The summed E-state index contributed by atoms with van der Waals surface area (Å²) in [5, 5.41) is 19.5. The molecule has 0 saturated carbocycles. The van der Waals surface area contributed by atoms with Crippen LogP contribution in [-0.4, -0.2) is 30.6 Å². The molecule has 2 rings (SSSR count). The van der Waals surface area contributed by atoms with Gasteiger partial charge in [0.15, 0.2) is 0 Å². The maximum atomic E-state index is 11.7. The van der Waals surface area contributed by atoms with Crippen LogP contribution in [0.2, 0.25) is 0 Å². The summed E-state index contributed by atoms with van der Waals surface area (Å²) < 4.78 is 0. The van der Waals surface area contributed by atoms with Crippen molar-refractivity contribution >= 4 is 29.7 Å². The van der Waals surface area contributed by atoms with Gasteiger partial charge in [0.05, 0.1) is 12.0 Å². The quantitative estimate of drug-likeness (QED) is 0.767. The van der Waals surface area contributed by atoms with E-state index in [0.717, 1.165) is 25.1 Å². The number of carbonyl (C=O) groups excluding carboxylic acids is 1. The minimum Gasteiger partial charge on any atom is -0.387 e. The second-order valence-corrected chi connectivity index (χ2v) is 4.79. The van der Waals surface area contributed by atoms with Crippen LogP contribution in [0.4, 0.5) is 0 Å². The maximum Gasteiger partial charge on any atom is 0.224 e. The van der Waals surface area contributed by atoms with E-state index in [1.165, 1.54) is 0 Å². The molecule has 6 heteroatoms. The Labute approximate surface area is 111 Å². The first-order valence-corrected chi connectivity index (χ1v) is 6.40. The van der Waals surface area contributed by atoms with Crippen LogP contribution in [0.1, 0.15) is 18.1 Å². The average Bonchev–Trinajstić information content (AvgIpc) is 2.95. The molecule has 0 aromatic carbocycles. The van der Waals surface area contributed by atoms with E-state index in [9.17, 15) is 9.90 Å². The minimum atomic E-state index is -0.593. The fourth-order valence-corrected chi connectivity index (χ4v) is 2.51. The number of rotatable bonds is 4. The number of hydrogen-bond acceptors (Lipinski definition) is 4. The van der Waals surface area contributed by atoms with Crippen LogP contribution in [-0.2, 0) is 4.79 Å². The first-order chi connectivity index (χ1) is 7.77. The lowest BCUT2D eigenvalue weighted by Gasteiger charge is -2.13. The Morgan fingerprint density at radius 1 is 1.71 bits per heavy atom.